The highest BCUT2D eigenvalue weighted by Gasteiger charge is 2.07. The van der Waals surface area contributed by atoms with Crippen molar-refractivity contribution < 1.29 is 4.74 Å². The molecule has 8 heteroatoms. The van der Waals surface area contributed by atoms with Crippen molar-refractivity contribution >= 4 is 29.9 Å². The minimum absolute atomic E-state index is 0. The molecule has 2 aromatic rings. The van der Waals surface area contributed by atoms with E-state index in [0.29, 0.717) is 19.7 Å². The Hall–Kier alpha value is -1.84. The number of hydrogen-bond acceptors (Lipinski definition) is 4. The lowest BCUT2D eigenvalue weighted by Crippen LogP contribution is -2.37. The third-order valence-corrected chi connectivity index (χ3v) is 3.87. The van der Waals surface area contributed by atoms with Gasteiger partial charge in [-0.2, -0.15) is 0 Å². The predicted molar refractivity (Wildman–Crippen MR) is 115 cm³/mol. The van der Waals surface area contributed by atoms with Gasteiger partial charge in [-0.1, -0.05) is 12.1 Å². The van der Waals surface area contributed by atoms with Crippen molar-refractivity contribution in [2.75, 3.05) is 13.2 Å². The van der Waals surface area contributed by atoms with Gasteiger partial charge in [0, 0.05) is 19.2 Å². The average Bonchev–Trinajstić information content (AvgIpc) is 2.91. The molecule has 0 saturated carbocycles. The van der Waals surface area contributed by atoms with E-state index in [4.69, 9.17) is 4.74 Å². The van der Waals surface area contributed by atoms with E-state index in [9.17, 15) is 0 Å². The lowest BCUT2D eigenvalue weighted by atomic mass is 10.1. The zero-order valence-corrected chi connectivity index (χ0v) is 18.5. The number of benzene rings is 1. The van der Waals surface area contributed by atoms with Crippen LogP contribution in [0, 0.1) is 13.8 Å². The molecule has 1 aromatic carbocycles. The van der Waals surface area contributed by atoms with Crippen LogP contribution in [0.3, 0.4) is 0 Å². The number of aromatic nitrogens is 3. The van der Waals surface area contributed by atoms with Crippen LogP contribution in [0.15, 0.2) is 23.2 Å². The SMILES string of the molecule is CCNC(=NCc1ccc(C)cc1OCC)NCc1nnc(C)n1C.I. The Morgan fingerprint density at radius 1 is 1.19 bits per heavy atom. The molecule has 0 aliphatic heterocycles. The van der Waals surface area contributed by atoms with Crippen molar-refractivity contribution in [3.05, 3.63) is 41.0 Å². The zero-order valence-electron chi connectivity index (χ0n) is 16.2. The summed E-state index contributed by atoms with van der Waals surface area (Å²) in [6, 6.07) is 6.20. The summed E-state index contributed by atoms with van der Waals surface area (Å²) >= 11 is 0. The van der Waals surface area contributed by atoms with Gasteiger partial charge in [0.2, 0.25) is 0 Å². The fraction of sp³-hybridized carbons (Fsp3) is 0.500. The Morgan fingerprint density at radius 2 is 1.96 bits per heavy atom. The third-order valence-electron chi connectivity index (χ3n) is 3.87. The number of nitrogens with zero attached hydrogens (tertiary/aromatic N) is 4. The summed E-state index contributed by atoms with van der Waals surface area (Å²) in [7, 11) is 1.96. The maximum Gasteiger partial charge on any atom is 0.191 e. The molecule has 0 aliphatic carbocycles. The molecule has 0 bridgehead atoms. The van der Waals surface area contributed by atoms with Crippen LogP contribution in [0.4, 0.5) is 0 Å². The van der Waals surface area contributed by atoms with Crippen molar-refractivity contribution in [3.63, 3.8) is 0 Å². The fourth-order valence-electron chi connectivity index (χ4n) is 2.36. The molecule has 0 unspecified atom stereocenters. The lowest BCUT2D eigenvalue weighted by Gasteiger charge is -2.13. The molecule has 1 aromatic heterocycles. The number of nitrogens with one attached hydrogen (secondary N) is 2. The van der Waals surface area contributed by atoms with E-state index in [1.165, 1.54) is 5.56 Å². The topological polar surface area (TPSA) is 76.4 Å². The van der Waals surface area contributed by atoms with E-state index < -0.39 is 0 Å². The summed E-state index contributed by atoms with van der Waals surface area (Å²) in [6.45, 7) is 10.6. The summed E-state index contributed by atoms with van der Waals surface area (Å²) in [6.07, 6.45) is 0. The summed E-state index contributed by atoms with van der Waals surface area (Å²) < 4.78 is 7.69. The highest BCUT2D eigenvalue weighted by atomic mass is 127. The van der Waals surface area contributed by atoms with Gasteiger partial charge in [0.15, 0.2) is 11.8 Å². The van der Waals surface area contributed by atoms with Gasteiger partial charge in [0.05, 0.1) is 19.7 Å². The molecule has 0 fully saturated rings. The van der Waals surface area contributed by atoms with Crippen molar-refractivity contribution in [1.29, 1.82) is 0 Å². The smallest absolute Gasteiger partial charge is 0.191 e. The standard InChI is InChI=1S/C18H28N6O.HI/c1-6-19-18(21-12-17-23-22-14(4)24(17)5)20-11-15-9-8-13(3)10-16(15)25-7-2;/h8-10H,6-7,11-12H2,1-5H3,(H2,19,20,21);1H. The largest absolute Gasteiger partial charge is 0.494 e. The van der Waals surface area contributed by atoms with E-state index in [-0.39, 0.29) is 24.0 Å². The molecule has 0 spiro atoms. The van der Waals surface area contributed by atoms with Crippen LogP contribution < -0.4 is 15.4 Å². The van der Waals surface area contributed by atoms with Gasteiger partial charge in [-0.25, -0.2) is 4.99 Å². The highest BCUT2D eigenvalue weighted by molar-refractivity contribution is 14.0. The monoisotopic (exact) mass is 472 g/mol. The lowest BCUT2D eigenvalue weighted by molar-refractivity contribution is 0.336. The van der Waals surface area contributed by atoms with Gasteiger partial charge in [0.1, 0.15) is 11.6 Å². The quantitative estimate of drug-likeness (QED) is 0.368. The van der Waals surface area contributed by atoms with E-state index >= 15 is 0 Å². The minimum atomic E-state index is 0. The average molecular weight is 472 g/mol. The first-order valence-corrected chi connectivity index (χ1v) is 8.64. The van der Waals surface area contributed by atoms with E-state index in [0.717, 1.165) is 35.5 Å². The number of ether oxygens (including phenoxy) is 1. The molecule has 0 radical (unpaired) electrons. The van der Waals surface area contributed by atoms with Gasteiger partial charge < -0.3 is 19.9 Å². The maximum absolute atomic E-state index is 5.73. The molecule has 7 nitrogen and oxygen atoms in total. The highest BCUT2D eigenvalue weighted by Crippen LogP contribution is 2.21. The van der Waals surface area contributed by atoms with Crippen molar-refractivity contribution in [3.8, 4) is 5.75 Å². The van der Waals surface area contributed by atoms with Crippen LogP contribution in [-0.2, 0) is 20.1 Å². The van der Waals surface area contributed by atoms with Gasteiger partial charge in [-0.15, -0.1) is 34.2 Å². The minimum Gasteiger partial charge on any atom is -0.494 e. The number of aliphatic imine (C=N–C) groups is 1. The first-order chi connectivity index (χ1) is 12.0. The number of aryl methyl sites for hydroxylation is 2. The van der Waals surface area contributed by atoms with Crippen LogP contribution in [0.5, 0.6) is 5.75 Å². The molecule has 1 heterocycles. The normalized spacial score (nSPS) is 11.0. The first kappa shape index (κ1) is 22.2. The van der Waals surface area contributed by atoms with Crippen LogP contribution in [0.25, 0.3) is 0 Å². The summed E-state index contributed by atoms with van der Waals surface area (Å²) in [5.74, 6) is 3.39. The molecule has 0 saturated heterocycles. The molecule has 2 N–H and O–H groups in total. The van der Waals surface area contributed by atoms with E-state index in [2.05, 4.69) is 50.9 Å². The maximum atomic E-state index is 5.73. The molecule has 2 rings (SSSR count). The van der Waals surface area contributed by atoms with E-state index in [1.54, 1.807) is 0 Å². The summed E-state index contributed by atoms with van der Waals surface area (Å²) in [5.41, 5.74) is 2.25. The number of halogens is 1. The van der Waals surface area contributed by atoms with Gasteiger partial charge >= 0.3 is 0 Å². The van der Waals surface area contributed by atoms with Crippen LogP contribution >= 0.6 is 24.0 Å². The Bertz CT molecular complexity index is 728. The number of rotatable bonds is 7. The third kappa shape index (κ3) is 6.15. The first-order valence-electron chi connectivity index (χ1n) is 8.64. The Labute approximate surface area is 172 Å². The Balaban J connectivity index is 0.00000338. The van der Waals surface area contributed by atoms with Gasteiger partial charge in [-0.3, -0.25) is 0 Å². The molecule has 26 heavy (non-hydrogen) atoms. The molecule has 144 valence electrons. The molecule has 0 atom stereocenters. The van der Waals surface area contributed by atoms with Crippen LogP contribution in [0.2, 0.25) is 0 Å². The summed E-state index contributed by atoms with van der Waals surface area (Å²) in [5, 5.41) is 14.8. The summed E-state index contributed by atoms with van der Waals surface area (Å²) in [4.78, 5) is 4.66. The zero-order chi connectivity index (χ0) is 18.2. The van der Waals surface area contributed by atoms with Gasteiger partial charge in [0.25, 0.3) is 0 Å². The van der Waals surface area contributed by atoms with Crippen LogP contribution in [0.1, 0.15) is 36.6 Å². The second-order valence-electron chi connectivity index (χ2n) is 5.82. The Morgan fingerprint density at radius 3 is 2.58 bits per heavy atom. The fourth-order valence-corrected chi connectivity index (χ4v) is 2.36. The molecular formula is C18H29IN6O. The predicted octanol–water partition coefficient (Wildman–Crippen LogP) is 2.70. The Kier molecular flexibility index (Phi) is 9.39. The second kappa shape index (κ2) is 11.0. The van der Waals surface area contributed by atoms with Crippen molar-refractivity contribution in [2.45, 2.75) is 40.8 Å². The molecule has 0 amide bonds. The second-order valence-corrected chi connectivity index (χ2v) is 5.82. The number of guanidine groups is 1. The number of hydrogen-bond donors (Lipinski definition) is 2. The van der Waals surface area contributed by atoms with Crippen LogP contribution in [-0.4, -0.2) is 33.9 Å². The van der Waals surface area contributed by atoms with Crippen molar-refractivity contribution in [2.24, 2.45) is 12.0 Å². The molecular weight excluding hydrogens is 443 g/mol. The van der Waals surface area contributed by atoms with Gasteiger partial charge in [-0.05, 0) is 39.3 Å². The van der Waals surface area contributed by atoms with E-state index in [1.807, 2.05) is 32.4 Å². The molecule has 0 aliphatic rings. The van der Waals surface area contributed by atoms with Crippen molar-refractivity contribution in [1.82, 2.24) is 25.4 Å².